The average Bonchev–Trinajstić information content (AvgIpc) is 3.23. The predicted molar refractivity (Wildman–Crippen MR) is 138 cm³/mol. The molecule has 0 aromatic heterocycles. The molecular weight excluding hydrogens is 456 g/mol. The first kappa shape index (κ1) is 25.3. The van der Waals surface area contributed by atoms with Gasteiger partial charge in [0.05, 0.1) is 20.8 Å². The van der Waals surface area contributed by atoms with Gasteiger partial charge in [0.2, 0.25) is 5.91 Å². The normalized spacial score (nSPS) is 12.4. The number of hydrogen-bond donors (Lipinski definition) is 1. The summed E-state index contributed by atoms with van der Waals surface area (Å²) in [5.74, 6) is 1.29. The highest BCUT2D eigenvalue weighted by Gasteiger charge is 2.27. The van der Waals surface area contributed by atoms with Gasteiger partial charge >= 0.3 is 0 Å². The van der Waals surface area contributed by atoms with E-state index < -0.39 is 0 Å². The van der Waals surface area contributed by atoms with Crippen LogP contribution < -0.4 is 15.0 Å². The third-order valence-corrected chi connectivity index (χ3v) is 6.30. The zero-order valence-corrected chi connectivity index (χ0v) is 20.8. The molecular formula is C29H32N2O5. The molecule has 1 aliphatic rings. The predicted octanol–water partition coefficient (Wildman–Crippen LogP) is 5.14. The summed E-state index contributed by atoms with van der Waals surface area (Å²) in [5.41, 5.74) is 7.33. The molecule has 0 fully saturated rings. The van der Waals surface area contributed by atoms with Gasteiger partial charge in [0.15, 0.2) is 11.5 Å². The first-order valence-electron chi connectivity index (χ1n) is 12.2. The average molecular weight is 489 g/mol. The fourth-order valence-corrected chi connectivity index (χ4v) is 4.35. The summed E-state index contributed by atoms with van der Waals surface area (Å²) < 4.78 is 10.7. The Morgan fingerprint density at radius 3 is 2.42 bits per heavy atom. The highest BCUT2D eigenvalue weighted by molar-refractivity contribution is 5.99. The molecule has 36 heavy (non-hydrogen) atoms. The number of hydrogen-bond acceptors (Lipinski definition) is 5. The number of rotatable bonds is 12. The minimum absolute atomic E-state index is 0.0657. The smallest absolute Gasteiger partial charge is 0.254 e. The standard InChI is InChI=1S/C29H32N2O5/c1-34-26-15-13-23(18-27(26)35-2)22-12-14-25-24(17-22)19-31(29(25)33)16-8-4-7-11-28(32)30-36-20-21-9-5-3-6-10-21/h3,5-6,9-10,12-15,17-18H,4,7-8,11,16,19-20H2,1-2H3,(H,30,32). The van der Waals surface area contributed by atoms with Gasteiger partial charge in [-0.1, -0.05) is 48.9 Å². The van der Waals surface area contributed by atoms with Crippen molar-refractivity contribution in [2.45, 2.75) is 38.8 Å². The summed E-state index contributed by atoms with van der Waals surface area (Å²) in [6.45, 7) is 1.62. The van der Waals surface area contributed by atoms with Crippen LogP contribution in [0.25, 0.3) is 11.1 Å². The quantitative estimate of drug-likeness (QED) is 0.282. The molecule has 0 radical (unpaired) electrons. The van der Waals surface area contributed by atoms with Crippen LogP contribution in [-0.2, 0) is 22.8 Å². The Morgan fingerprint density at radius 2 is 1.64 bits per heavy atom. The van der Waals surface area contributed by atoms with Gasteiger partial charge in [-0.3, -0.25) is 14.4 Å². The van der Waals surface area contributed by atoms with Crippen LogP contribution in [0.5, 0.6) is 11.5 Å². The second-order valence-corrected chi connectivity index (χ2v) is 8.78. The van der Waals surface area contributed by atoms with Crippen molar-refractivity contribution in [1.29, 1.82) is 0 Å². The van der Waals surface area contributed by atoms with E-state index in [-0.39, 0.29) is 11.8 Å². The molecule has 1 N–H and O–H groups in total. The Bertz CT molecular complexity index is 1200. The van der Waals surface area contributed by atoms with Crippen molar-refractivity contribution in [3.63, 3.8) is 0 Å². The SMILES string of the molecule is COc1ccc(-c2ccc3c(c2)CN(CCCCCC(=O)NOCc2ccccc2)C3=O)cc1OC. The number of nitrogens with zero attached hydrogens (tertiary/aromatic N) is 1. The second-order valence-electron chi connectivity index (χ2n) is 8.78. The van der Waals surface area contributed by atoms with E-state index >= 15 is 0 Å². The van der Waals surface area contributed by atoms with E-state index in [1.165, 1.54) is 0 Å². The van der Waals surface area contributed by atoms with Crippen molar-refractivity contribution in [3.8, 4) is 22.6 Å². The van der Waals surface area contributed by atoms with Crippen molar-refractivity contribution in [2.24, 2.45) is 0 Å². The lowest BCUT2D eigenvalue weighted by Gasteiger charge is -2.15. The lowest BCUT2D eigenvalue weighted by molar-refractivity contribution is -0.134. The zero-order chi connectivity index (χ0) is 25.3. The summed E-state index contributed by atoms with van der Waals surface area (Å²) in [6.07, 6.45) is 2.86. The lowest BCUT2D eigenvalue weighted by atomic mass is 10.00. The van der Waals surface area contributed by atoms with Crippen LogP contribution in [0.4, 0.5) is 0 Å². The largest absolute Gasteiger partial charge is 0.493 e. The zero-order valence-electron chi connectivity index (χ0n) is 20.8. The van der Waals surface area contributed by atoms with Crippen LogP contribution in [0.3, 0.4) is 0 Å². The third-order valence-electron chi connectivity index (χ3n) is 6.30. The van der Waals surface area contributed by atoms with Gasteiger partial charge in [0.1, 0.15) is 0 Å². The topological polar surface area (TPSA) is 77.1 Å². The van der Waals surface area contributed by atoms with Crippen LogP contribution in [0.1, 0.15) is 47.2 Å². The van der Waals surface area contributed by atoms with Crippen LogP contribution >= 0.6 is 0 Å². The molecule has 0 unspecified atom stereocenters. The molecule has 7 nitrogen and oxygen atoms in total. The molecule has 1 aliphatic heterocycles. The summed E-state index contributed by atoms with van der Waals surface area (Å²) in [4.78, 5) is 32.0. The van der Waals surface area contributed by atoms with Gasteiger partial charge in [0.25, 0.3) is 5.91 Å². The number of carbonyl (C=O) groups excluding carboxylic acids is 2. The molecule has 7 heteroatoms. The van der Waals surface area contributed by atoms with Gasteiger partial charge in [-0.15, -0.1) is 0 Å². The number of carbonyl (C=O) groups is 2. The minimum atomic E-state index is -0.127. The van der Waals surface area contributed by atoms with Crippen LogP contribution in [0.15, 0.2) is 66.7 Å². The summed E-state index contributed by atoms with van der Waals surface area (Å²) in [6, 6.07) is 21.5. The highest BCUT2D eigenvalue weighted by Crippen LogP contribution is 2.34. The number of ether oxygens (including phenoxy) is 2. The maximum atomic E-state index is 12.8. The number of unbranched alkanes of at least 4 members (excludes halogenated alkanes) is 2. The minimum Gasteiger partial charge on any atom is -0.493 e. The number of hydroxylamine groups is 1. The molecule has 3 aromatic rings. The van der Waals surface area contributed by atoms with E-state index in [4.69, 9.17) is 14.3 Å². The van der Waals surface area contributed by atoms with E-state index in [9.17, 15) is 9.59 Å². The van der Waals surface area contributed by atoms with Gasteiger partial charge in [0, 0.05) is 25.1 Å². The maximum Gasteiger partial charge on any atom is 0.254 e. The van der Waals surface area contributed by atoms with Crippen molar-refractivity contribution in [3.05, 3.63) is 83.4 Å². The third kappa shape index (κ3) is 6.23. The number of methoxy groups -OCH3 is 2. The van der Waals surface area contributed by atoms with Crippen LogP contribution in [0, 0.1) is 0 Å². The molecule has 0 aliphatic carbocycles. The van der Waals surface area contributed by atoms with Gasteiger partial charge in [-0.25, -0.2) is 5.48 Å². The van der Waals surface area contributed by atoms with E-state index in [1.807, 2.05) is 65.6 Å². The summed E-state index contributed by atoms with van der Waals surface area (Å²) in [7, 11) is 3.23. The first-order valence-corrected chi connectivity index (χ1v) is 12.2. The summed E-state index contributed by atoms with van der Waals surface area (Å²) >= 11 is 0. The van der Waals surface area contributed by atoms with Crippen molar-refractivity contribution in [2.75, 3.05) is 20.8 Å². The van der Waals surface area contributed by atoms with Gasteiger partial charge in [-0.05, 0) is 59.4 Å². The van der Waals surface area contributed by atoms with Crippen LogP contribution in [-0.4, -0.2) is 37.5 Å². The van der Waals surface area contributed by atoms with Gasteiger partial charge < -0.3 is 14.4 Å². The Hall–Kier alpha value is -3.84. The van der Waals surface area contributed by atoms with E-state index in [2.05, 4.69) is 11.5 Å². The Morgan fingerprint density at radius 1 is 0.889 bits per heavy atom. The monoisotopic (exact) mass is 488 g/mol. The second kappa shape index (κ2) is 12.2. The van der Waals surface area contributed by atoms with Gasteiger partial charge in [-0.2, -0.15) is 0 Å². The Labute approximate surface area is 211 Å². The summed E-state index contributed by atoms with van der Waals surface area (Å²) in [5, 5.41) is 0. The number of benzene rings is 3. The molecule has 2 amide bonds. The molecule has 4 rings (SSSR count). The molecule has 1 heterocycles. The number of nitrogens with one attached hydrogen (secondary N) is 1. The van der Waals surface area contributed by atoms with Crippen molar-refractivity contribution >= 4 is 11.8 Å². The Kier molecular flexibility index (Phi) is 8.57. The van der Waals surface area contributed by atoms with Crippen molar-refractivity contribution < 1.29 is 23.9 Å². The fraction of sp³-hybridized carbons (Fsp3) is 0.310. The fourth-order valence-electron chi connectivity index (χ4n) is 4.35. The van der Waals surface area contributed by atoms with E-state index in [0.29, 0.717) is 37.6 Å². The first-order chi connectivity index (χ1) is 17.6. The molecule has 3 aromatic carbocycles. The Balaban J connectivity index is 1.21. The van der Waals surface area contributed by atoms with E-state index in [0.717, 1.165) is 47.1 Å². The molecule has 0 atom stereocenters. The molecule has 0 saturated heterocycles. The molecule has 0 spiro atoms. The van der Waals surface area contributed by atoms with E-state index in [1.54, 1.807) is 14.2 Å². The highest BCUT2D eigenvalue weighted by atomic mass is 16.6. The number of fused-ring (bicyclic) bond motifs is 1. The molecule has 0 bridgehead atoms. The van der Waals surface area contributed by atoms with Crippen molar-refractivity contribution in [1.82, 2.24) is 10.4 Å². The lowest BCUT2D eigenvalue weighted by Crippen LogP contribution is -2.25. The molecule has 0 saturated carbocycles. The number of amides is 2. The maximum absolute atomic E-state index is 12.8. The van der Waals surface area contributed by atoms with Crippen LogP contribution in [0.2, 0.25) is 0 Å². The molecule has 188 valence electrons.